The first-order valence-corrected chi connectivity index (χ1v) is 8.33. The summed E-state index contributed by atoms with van der Waals surface area (Å²) in [6, 6.07) is 3.18. The Balaban J connectivity index is 2.17. The predicted octanol–water partition coefficient (Wildman–Crippen LogP) is 3.48. The van der Waals surface area contributed by atoms with Crippen LogP contribution < -0.4 is 10.2 Å². The molecule has 0 aromatic carbocycles. The Bertz CT molecular complexity index is 475. The van der Waals surface area contributed by atoms with Crippen LogP contribution in [0.3, 0.4) is 0 Å². The first-order valence-electron chi connectivity index (χ1n) is 8.33. The van der Waals surface area contributed by atoms with Crippen molar-refractivity contribution < 1.29 is 4.92 Å². The third-order valence-corrected chi connectivity index (χ3v) is 4.15. The minimum absolute atomic E-state index is 0.102. The molecule has 1 N–H and O–H groups in total. The fourth-order valence-corrected chi connectivity index (χ4v) is 2.97. The van der Waals surface area contributed by atoms with E-state index in [1.54, 1.807) is 18.3 Å². The molecule has 1 fully saturated rings. The fourth-order valence-electron chi connectivity index (χ4n) is 2.97. The maximum atomic E-state index is 11.3. The van der Waals surface area contributed by atoms with E-state index in [2.05, 4.69) is 22.1 Å². The molecule has 1 aromatic rings. The number of nitrogens with one attached hydrogen (secondary N) is 1. The summed E-state index contributed by atoms with van der Waals surface area (Å²) in [4.78, 5) is 17.4. The quantitative estimate of drug-likeness (QED) is 0.452. The Kier molecular flexibility index (Phi) is 6.58. The first kappa shape index (κ1) is 16.7. The van der Waals surface area contributed by atoms with Crippen molar-refractivity contribution in [2.24, 2.45) is 0 Å². The van der Waals surface area contributed by atoms with Gasteiger partial charge in [0, 0.05) is 18.8 Å². The van der Waals surface area contributed by atoms with Gasteiger partial charge in [-0.25, -0.2) is 4.98 Å². The van der Waals surface area contributed by atoms with Gasteiger partial charge in [0.2, 0.25) is 5.82 Å². The highest BCUT2D eigenvalue weighted by atomic mass is 16.6. The minimum Gasteiger partial charge on any atom is -0.335 e. The van der Waals surface area contributed by atoms with E-state index in [0.717, 1.165) is 38.8 Å². The zero-order valence-electron chi connectivity index (χ0n) is 13.3. The Morgan fingerprint density at radius 1 is 1.41 bits per heavy atom. The molecule has 1 saturated heterocycles. The molecule has 0 aliphatic carbocycles. The standard InChI is InChI=1S/C16H26N4O2/c1-2-3-4-7-13-19(15-10-5-6-11-17-15)16-14(20(21)22)9-8-12-18-16/h8-9,12,15,17H,2-7,10-11,13H2,1H3. The summed E-state index contributed by atoms with van der Waals surface area (Å²) in [6.07, 6.45) is 9.73. The summed E-state index contributed by atoms with van der Waals surface area (Å²) in [5.74, 6) is 0.503. The molecule has 1 aliphatic rings. The van der Waals surface area contributed by atoms with E-state index in [9.17, 15) is 10.1 Å². The zero-order valence-corrected chi connectivity index (χ0v) is 13.3. The van der Waals surface area contributed by atoms with E-state index in [0.29, 0.717) is 5.82 Å². The lowest BCUT2D eigenvalue weighted by molar-refractivity contribution is -0.384. The van der Waals surface area contributed by atoms with Gasteiger partial charge in [-0.05, 0) is 38.3 Å². The maximum absolute atomic E-state index is 11.3. The number of piperidine rings is 1. The third kappa shape index (κ3) is 4.40. The van der Waals surface area contributed by atoms with E-state index in [1.165, 1.54) is 19.3 Å². The minimum atomic E-state index is -0.329. The van der Waals surface area contributed by atoms with Crippen LogP contribution in [0.25, 0.3) is 0 Å². The van der Waals surface area contributed by atoms with Crippen molar-refractivity contribution in [1.82, 2.24) is 10.3 Å². The zero-order chi connectivity index (χ0) is 15.8. The highest BCUT2D eigenvalue weighted by Crippen LogP contribution is 2.28. The second kappa shape index (κ2) is 8.68. The van der Waals surface area contributed by atoms with Crippen LogP contribution in [0.2, 0.25) is 0 Å². The highest BCUT2D eigenvalue weighted by molar-refractivity contribution is 5.57. The lowest BCUT2D eigenvalue weighted by atomic mass is 10.1. The molecule has 0 spiro atoms. The van der Waals surface area contributed by atoms with Crippen molar-refractivity contribution in [3.8, 4) is 0 Å². The van der Waals surface area contributed by atoms with Gasteiger partial charge in [0.25, 0.3) is 0 Å². The van der Waals surface area contributed by atoms with E-state index in [4.69, 9.17) is 0 Å². The van der Waals surface area contributed by atoms with E-state index in [1.807, 2.05) is 0 Å². The summed E-state index contributed by atoms with van der Waals surface area (Å²) < 4.78 is 0. The van der Waals surface area contributed by atoms with Crippen LogP contribution in [-0.2, 0) is 0 Å². The molecule has 2 rings (SSSR count). The first-order chi connectivity index (χ1) is 10.7. The summed E-state index contributed by atoms with van der Waals surface area (Å²) in [7, 11) is 0. The molecule has 122 valence electrons. The average molecular weight is 306 g/mol. The second-order valence-corrected chi connectivity index (χ2v) is 5.82. The van der Waals surface area contributed by atoms with Crippen molar-refractivity contribution in [3.63, 3.8) is 0 Å². The van der Waals surface area contributed by atoms with Crippen molar-refractivity contribution in [3.05, 3.63) is 28.4 Å². The van der Waals surface area contributed by atoms with Gasteiger partial charge in [-0.1, -0.05) is 26.2 Å². The van der Waals surface area contributed by atoms with Gasteiger partial charge < -0.3 is 4.90 Å². The number of pyridine rings is 1. The molecule has 0 saturated carbocycles. The van der Waals surface area contributed by atoms with Crippen molar-refractivity contribution in [1.29, 1.82) is 0 Å². The largest absolute Gasteiger partial charge is 0.335 e. The summed E-state index contributed by atoms with van der Waals surface area (Å²) in [5.41, 5.74) is 0.102. The van der Waals surface area contributed by atoms with Crippen molar-refractivity contribution in [2.75, 3.05) is 18.0 Å². The normalized spacial score (nSPS) is 18.1. The van der Waals surface area contributed by atoms with Gasteiger partial charge in [0.15, 0.2) is 0 Å². The van der Waals surface area contributed by atoms with Gasteiger partial charge in [0.05, 0.1) is 11.1 Å². The van der Waals surface area contributed by atoms with E-state index < -0.39 is 0 Å². The third-order valence-electron chi connectivity index (χ3n) is 4.15. The predicted molar refractivity (Wildman–Crippen MR) is 88.0 cm³/mol. The molecule has 0 bridgehead atoms. The molecule has 1 aromatic heterocycles. The Labute approximate surface area is 132 Å². The van der Waals surface area contributed by atoms with E-state index in [-0.39, 0.29) is 16.8 Å². The molecule has 1 unspecified atom stereocenters. The van der Waals surface area contributed by atoms with Gasteiger partial charge in [-0.3, -0.25) is 15.4 Å². The van der Waals surface area contributed by atoms with E-state index >= 15 is 0 Å². The Hall–Kier alpha value is -1.69. The van der Waals surface area contributed by atoms with Crippen LogP contribution >= 0.6 is 0 Å². The summed E-state index contributed by atoms with van der Waals surface area (Å²) >= 11 is 0. The number of hydrogen-bond acceptors (Lipinski definition) is 5. The van der Waals surface area contributed by atoms with Crippen molar-refractivity contribution in [2.45, 2.75) is 58.0 Å². The smallest absolute Gasteiger partial charge is 0.311 e. The SMILES string of the molecule is CCCCCCN(c1ncccc1[N+](=O)[O-])C1CCCCN1. The van der Waals surface area contributed by atoms with Gasteiger partial charge >= 0.3 is 5.69 Å². The molecule has 22 heavy (non-hydrogen) atoms. The number of nitro groups is 1. The Morgan fingerprint density at radius 3 is 2.95 bits per heavy atom. The van der Waals surface area contributed by atoms with Crippen molar-refractivity contribution >= 4 is 11.5 Å². The van der Waals surface area contributed by atoms with Crippen LogP contribution in [0, 0.1) is 10.1 Å². The van der Waals surface area contributed by atoms with Gasteiger partial charge in [-0.15, -0.1) is 0 Å². The molecule has 2 heterocycles. The summed E-state index contributed by atoms with van der Waals surface area (Å²) in [6.45, 7) is 3.97. The van der Waals surface area contributed by atoms with Crippen LogP contribution in [0.15, 0.2) is 18.3 Å². The number of rotatable bonds is 8. The monoisotopic (exact) mass is 306 g/mol. The molecule has 1 aliphatic heterocycles. The highest BCUT2D eigenvalue weighted by Gasteiger charge is 2.27. The van der Waals surface area contributed by atoms with Gasteiger partial charge in [0.1, 0.15) is 0 Å². The molecular weight excluding hydrogens is 280 g/mol. The summed E-state index contributed by atoms with van der Waals surface area (Å²) in [5, 5.41) is 14.8. The molecule has 6 heteroatoms. The number of aromatic nitrogens is 1. The number of hydrogen-bond donors (Lipinski definition) is 1. The molecular formula is C16H26N4O2. The van der Waals surface area contributed by atoms with Crippen LogP contribution in [0.1, 0.15) is 51.9 Å². The number of unbranched alkanes of at least 4 members (excludes halogenated alkanes) is 3. The van der Waals surface area contributed by atoms with Gasteiger partial charge in [-0.2, -0.15) is 0 Å². The lowest BCUT2D eigenvalue weighted by Crippen LogP contribution is -2.49. The maximum Gasteiger partial charge on any atom is 0.311 e. The average Bonchev–Trinajstić information content (AvgIpc) is 2.56. The van der Waals surface area contributed by atoms with Crippen LogP contribution in [0.5, 0.6) is 0 Å². The molecule has 0 amide bonds. The second-order valence-electron chi connectivity index (χ2n) is 5.82. The van der Waals surface area contributed by atoms with Crippen LogP contribution in [0.4, 0.5) is 11.5 Å². The Morgan fingerprint density at radius 2 is 2.27 bits per heavy atom. The molecule has 0 radical (unpaired) electrons. The lowest BCUT2D eigenvalue weighted by Gasteiger charge is -2.35. The molecule has 6 nitrogen and oxygen atoms in total. The topological polar surface area (TPSA) is 71.3 Å². The number of nitrogens with zero attached hydrogens (tertiary/aromatic N) is 3. The number of anilines is 1. The fraction of sp³-hybridized carbons (Fsp3) is 0.688. The van der Waals surface area contributed by atoms with Crippen LogP contribution in [-0.4, -0.2) is 29.2 Å². The molecule has 1 atom stereocenters.